The molecule has 2 atom stereocenters. The number of fused-ring (bicyclic) bond motifs is 2. The molecule has 0 unspecified atom stereocenters. The fourth-order valence-electron chi connectivity index (χ4n) is 5.33. The van der Waals surface area contributed by atoms with Crippen molar-refractivity contribution >= 4 is 17.0 Å². The number of benzene rings is 2. The molecular formula is C28H23F3N6O4. The molecule has 6 rings (SSSR count). The van der Waals surface area contributed by atoms with Crippen LogP contribution < -0.4 is 10.3 Å². The number of nitriles is 1. The van der Waals surface area contributed by atoms with Crippen LogP contribution in [0.4, 0.5) is 18.0 Å². The number of rotatable bonds is 6. The highest BCUT2D eigenvalue weighted by Gasteiger charge is 2.39. The van der Waals surface area contributed by atoms with Gasteiger partial charge in [-0.05, 0) is 36.8 Å². The summed E-state index contributed by atoms with van der Waals surface area (Å²) >= 11 is 0. The summed E-state index contributed by atoms with van der Waals surface area (Å²) in [6, 6.07) is 8.90. The Morgan fingerprint density at radius 1 is 1.24 bits per heavy atom. The number of aryl methyl sites for hydroxylation is 1. The standard InChI is InChI=1S/C28H23F3N6O4/c1-15-34-24-8-21(18-11-33-37(13-18)27(30)31)25(41-20-4-5-35-19(7-20)14-40-28(35)39)9-22(24)26(38)36(15)12-16-2-3-17(10-32)23(29)6-16/h2-3,6,8-9,11,13,19-20,27H,4-5,7,12,14H2,1H3/t19-,20-/m0/s1. The lowest BCUT2D eigenvalue weighted by Gasteiger charge is -2.33. The molecule has 2 saturated heterocycles. The molecule has 2 fully saturated rings. The number of aromatic nitrogens is 4. The number of alkyl halides is 2. The van der Waals surface area contributed by atoms with Crippen molar-refractivity contribution in [2.45, 2.75) is 45.0 Å². The minimum absolute atomic E-state index is 0.0174. The van der Waals surface area contributed by atoms with Gasteiger partial charge in [-0.2, -0.15) is 19.1 Å². The van der Waals surface area contributed by atoms with E-state index in [-0.39, 0.29) is 48.1 Å². The van der Waals surface area contributed by atoms with Crippen LogP contribution in [0.3, 0.4) is 0 Å². The third kappa shape index (κ3) is 4.86. The highest BCUT2D eigenvalue weighted by atomic mass is 19.3. The quantitative estimate of drug-likeness (QED) is 0.341. The summed E-state index contributed by atoms with van der Waals surface area (Å²) in [7, 11) is 0. The fourth-order valence-corrected chi connectivity index (χ4v) is 5.33. The number of nitrogens with zero attached hydrogens (tertiary/aromatic N) is 6. The number of cyclic esters (lactones) is 1. The van der Waals surface area contributed by atoms with Gasteiger partial charge < -0.3 is 14.4 Å². The van der Waals surface area contributed by atoms with Gasteiger partial charge in [0.1, 0.15) is 36.2 Å². The van der Waals surface area contributed by atoms with Crippen molar-refractivity contribution in [1.29, 1.82) is 5.26 Å². The zero-order valence-electron chi connectivity index (χ0n) is 21.8. The molecule has 0 aliphatic carbocycles. The van der Waals surface area contributed by atoms with Crippen LogP contribution >= 0.6 is 0 Å². The summed E-state index contributed by atoms with van der Waals surface area (Å²) in [5, 5.41) is 13.0. The van der Waals surface area contributed by atoms with Gasteiger partial charge in [0.25, 0.3) is 5.56 Å². The molecule has 4 aromatic rings. The van der Waals surface area contributed by atoms with E-state index in [1.54, 1.807) is 30.0 Å². The van der Waals surface area contributed by atoms with Crippen LogP contribution in [0, 0.1) is 24.1 Å². The normalized spacial score (nSPS) is 18.4. The number of amides is 1. The minimum atomic E-state index is -2.84. The zero-order chi connectivity index (χ0) is 28.8. The maximum atomic E-state index is 14.2. The van der Waals surface area contributed by atoms with E-state index in [0.717, 1.165) is 0 Å². The molecule has 1 amide bonds. The van der Waals surface area contributed by atoms with E-state index in [2.05, 4.69) is 10.1 Å². The summed E-state index contributed by atoms with van der Waals surface area (Å²) in [6.07, 6.45) is 2.82. The van der Waals surface area contributed by atoms with Gasteiger partial charge in [0.15, 0.2) is 0 Å². The Morgan fingerprint density at radius 2 is 2.07 bits per heavy atom. The van der Waals surface area contributed by atoms with E-state index in [1.165, 1.54) is 35.2 Å². The van der Waals surface area contributed by atoms with Crippen LogP contribution in [0.2, 0.25) is 0 Å². The Bertz CT molecular complexity index is 1780. The summed E-state index contributed by atoms with van der Waals surface area (Å²) in [5.41, 5.74) is 1.09. The lowest BCUT2D eigenvalue weighted by Crippen LogP contribution is -2.44. The van der Waals surface area contributed by atoms with Crippen molar-refractivity contribution in [3.63, 3.8) is 0 Å². The zero-order valence-corrected chi connectivity index (χ0v) is 21.8. The minimum Gasteiger partial charge on any atom is -0.490 e. The monoisotopic (exact) mass is 564 g/mol. The summed E-state index contributed by atoms with van der Waals surface area (Å²) in [4.78, 5) is 31.8. The maximum absolute atomic E-state index is 14.2. The molecule has 2 aromatic heterocycles. The Balaban J connectivity index is 1.41. The summed E-state index contributed by atoms with van der Waals surface area (Å²) in [5.74, 6) is -0.0447. The third-order valence-electron chi connectivity index (χ3n) is 7.45. The number of carbonyl (C=O) groups is 1. The molecule has 0 spiro atoms. The number of carbonyl (C=O) groups excluding carboxylic acids is 1. The molecular weight excluding hydrogens is 541 g/mol. The second-order valence-corrected chi connectivity index (χ2v) is 10.0. The number of hydrogen-bond acceptors (Lipinski definition) is 7. The first-order valence-electron chi connectivity index (χ1n) is 12.9. The van der Waals surface area contributed by atoms with Crippen LogP contribution in [-0.4, -0.2) is 55.6 Å². The van der Waals surface area contributed by atoms with E-state index in [4.69, 9.17) is 14.7 Å². The van der Waals surface area contributed by atoms with Crippen LogP contribution in [0.15, 0.2) is 47.5 Å². The predicted molar refractivity (Wildman–Crippen MR) is 139 cm³/mol. The van der Waals surface area contributed by atoms with E-state index in [9.17, 15) is 22.8 Å². The largest absolute Gasteiger partial charge is 0.490 e. The molecule has 0 saturated carbocycles. The Labute approximate surface area is 231 Å². The van der Waals surface area contributed by atoms with Crippen molar-refractivity contribution in [2.75, 3.05) is 13.2 Å². The smallest absolute Gasteiger partial charge is 0.410 e. The van der Waals surface area contributed by atoms with Crippen LogP contribution in [0.25, 0.3) is 22.0 Å². The van der Waals surface area contributed by atoms with Crippen LogP contribution in [-0.2, 0) is 11.3 Å². The molecule has 13 heteroatoms. The van der Waals surface area contributed by atoms with Crippen molar-refractivity contribution in [2.24, 2.45) is 0 Å². The highest BCUT2D eigenvalue weighted by molar-refractivity contribution is 5.87. The topological polar surface area (TPSA) is 115 Å². The van der Waals surface area contributed by atoms with Gasteiger partial charge >= 0.3 is 12.6 Å². The van der Waals surface area contributed by atoms with Gasteiger partial charge in [0.2, 0.25) is 0 Å². The Kier molecular flexibility index (Phi) is 6.61. The second-order valence-electron chi connectivity index (χ2n) is 10.0. The SMILES string of the molecule is Cc1nc2cc(-c3cnn(C(F)F)c3)c(O[C@H]3CCN4C(=O)OC[C@@H]4C3)cc2c(=O)n1Cc1ccc(C#N)c(F)c1. The predicted octanol–water partition coefficient (Wildman–Crippen LogP) is 4.38. The average molecular weight is 565 g/mol. The van der Waals surface area contributed by atoms with Crippen molar-refractivity contribution in [3.8, 4) is 22.9 Å². The van der Waals surface area contributed by atoms with E-state index in [1.807, 2.05) is 0 Å². The van der Waals surface area contributed by atoms with Crippen molar-refractivity contribution < 1.29 is 27.4 Å². The Hall–Kier alpha value is -4.86. The van der Waals surface area contributed by atoms with Gasteiger partial charge in [-0.1, -0.05) is 6.07 Å². The first-order valence-corrected chi connectivity index (χ1v) is 12.9. The number of halogens is 3. The first kappa shape index (κ1) is 26.4. The second kappa shape index (κ2) is 10.3. The van der Waals surface area contributed by atoms with Crippen LogP contribution in [0.1, 0.15) is 36.3 Å². The van der Waals surface area contributed by atoms with Gasteiger partial charge in [-0.25, -0.2) is 18.9 Å². The maximum Gasteiger partial charge on any atom is 0.410 e. The van der Waals surface area contributed by atoms with E-state index < -0.39 is 17.9 Å². The molecule has 41 heavy (non-hydrogen) atoms. The fraction of sp³-hybridized carbons (Fsp3) is 0.321. The first-order chi connectivity index (χ1) is 19.7. The lowest BCUT2D eigenvalue weighted by atomic mass is 10.0. The highest BCUT2D eigenvalue weighted by Crippen LogP contribution is 2.36. The van der Waals surface area contributed by atoms with Crippen LogP contribution in [0.5, 0.6) is 5.75 Å². The number of ether oxygens (including phenoxy) is 2. The van der Waals surface area contributed by atoms with E-state index >= 15 is 0 Å². The molecule has 2 aliphatic rings. The number of hydrogen-bond donors (Lipinski definition) is 0. The molecule has 2 aromatic carbocycles. The molecule has 4 heterocycles. The lowest BCUT2D eigenvalue weighted by molar-refractivity contribution is 0.0566. The van der Waals surface area contributed by atoms with E-state index in [0.29, 0.717) is 52.1 Å². The van der Waals surface area contributed by atoms with Gasteiger partial charge in [0, 0.05) is 36.7 Å². The number of piperidine rings is 1. The van der Waals surface area contributed by atoms with Gasteiger partial charge in [-0.15, -0.1) is 0 Å². The average Bonchev–Trinajstić information content (AvgIpc) is 3.59. The molecule has 0 N–H and O–H groups in total. The van der Waals surface area contributed by atoms with Crippen molar-refractivity contribution in [1.82, 2.24) is 24.2 Å². The van der Waals surface area contributed by atoms with Gasteiger partial charge in [-0.3, -0.25) is 9.36 Å². The molecule has 10 nitrogen and oxygen atoms in total. The summed E-state index contributed by atoms with van der Waals surface area (Å²) in [6.45, 7) is -0.483. The summed E-state index contributed by atoms with van der Waals surface area (Å²) < 4.78 is 54.3. The molecule has 2 aliphatic heterocycles. The third-order valence-corrected chi connectivity index (χ3v) is 7.45. The molecule has 210 valence electrons. The van der Waals surface area contributed by atoms with Crippen molar-refractivity contribution in [3.05, 3.63) is 75.8 Å². The molecule has 0 radical (unpaired) electrons. The Morgan fingerprint density at radius 3 is 2.80 bits per heavy atom. The molecule has 0 bridgehead atoms. The van der Waals surface area contributed by atoms with Gasteiger partial charge in [0.05, 0.1) is 35.2 Å².